The van der Waals surface area contributed by atoms with E-state index in [9.17, 15) is 4.79 Å². The van der Waals surface area contributed by atoms with Gasteiger partial charge >= 0.3 is 5.97 Å². The Morgan fingerprint density at radius 3 is 2.48 bits per heavy atom. The standard InChI is InChI=1S/C17H16N2O2/c1-19(15-8-6-13(12-18)7-9-15)11-10-14-4-2-3-5-16(14)17(20)21/h2-9H,10-11H2,1H3,(H,20,21). The number of hydrogen-bond acceptors (Lipinski definition) is 3. The maximum absolute atomic E-state index is 11.2. The molecule has 1 N–H and O–H groups in total. The van der Waals surface area contributed by atoms with Gasteiger partial charge in [0, 0.05) is 19.3 Å². The zero-order chi connectivity index (χ0) is 15.2. The van der Waals surface area contributed by atoms with Crippen molar-refractivity contribution in [2.45, 2.75) is 6.42 Å². The van der Waals surface area contributed by atoms with E-state index in [-0.39, 0.29) is 0 Å². The first-order valence-electron chi connectivity index (χ1n) is 6.64. The fraction of sp³-hybridized carbons (Fsp3) is 0.176. The summed E-state index contributed by atoms with van der Waals surface area (Å²) in [6, 6.07) is 16.5. The van der Waals surface area contributed by atoms with Crippen molar-refractivity contribution in [2.75, 3.05) is 18.5 Å². The number of nitriles is 1. The highest BCUT2D eigenvalue weighted by Crippen LogP contribution is 2.15. The zero-order valence-corrected chi connectivity index (χ0v) is 11.8. The molecule has 0 spiro atoms. The van der Waals surface area contributed by atoms with Gasteiger partial charge in [-0.15, -0.1) is 0 Å². The fourth-order valence-electron chi connectivity index (χ4n) is 2.15. The first-order chi connectivity index (χ1) is 10.1. The van der Waals surface area contributed by atoms with E-state index < -0.39 is 5.97 Å². The molecule has 106 valence electrons. The Labute approximate surface area is 123 Å². The summed E-state index contributed by atoms with van der Waals surface area (Å²) in [5.74, 6) is -0.897. The molecule has 2 aromatic carbocycles. The average Bonchev–Trinajstić information content (AvgIpc) is 2.52. The Hall–Kier alpha value is -2.80. The predicted molar refractivity (Wildman–Crippen MR) is 81.5 cm³/mol. The van der Waals surface area contributed by atoms with E-state index in [1.54, 1.807) is 24.3 Å². The van der Waals surface area contributed by atoms with E-state index >= 15 is 0 Å². The van der Waals surface area contributed by atoms with Gasteiger partial charge in [0.15, 0.2) is 0 Å². The van der Waals surface area contributed by atoms with Crippen LogP contribution in [0, 0.1) is 11.3 Å². The number of likely N-dealkylation sites (N-methyl/N-ethyl adjacent to an activating group) is 1. The Bertz CT molecular complexity index is 672. The molecule has 0 heterocycles. The van der Waals surface area contributed by atoms with Gasteiger partial charge in [0.05, 0.1) is 17.2 Å². The molecule has 0 amide bonds. The molecule has 0 saturated carbocycles. The highest BCUT2D eigenvalue weighted by atomic mass is 16.4. The monoisotopic (exact) mass is 280 g/mol. The van der Waals surface area contributed by atoms with E-state index in [1.165, 1.54) is 0 Å². The molecule has 4 heteroatoms. The number of anilines is 1. The van der Waals surface area contributed by atoms with Crippen LogP contribution in [0.1, 0.15) is 21.5 Å². The fourth-order valence-corrected chi connectivity index (χ4v) is 2.15. The Morgan fingerprint density at radius 2 is 1.86 bits per heavy atom. The number of carboxylic acids is 1. The molecule has 0 atom stereocenters. The summed E-state index contributed by atoms with van der Waals surface area (Å²) in [7, 11) is 1.95. The Kier molecular flexibility index (Phi) is 4.57. The number of nitrogens with zero attached hydrogens (tertiary/aromatic N) is 2. The first kappa shape index (κ1) is 14.6. The van der Waals surface area contributed by atoms with Gasteiger partial charge in [-0.2, -0.15) is 5.26 Å². The number of rotatable bonds is 5. The van der Waals surface area contributed by atoms with E-state index in [4.69, 9.17) is 10.4 Å². The van der Waals surface area contributed by atoms with Crippen molar-refractivity contribution in [1.82, 2.24) is 0 Å². The van der Waals surface area contributed by atoms with Crippen molar-refractivity contribution in [2.24, 2.45) is 0 Å². The third-order valence-corrected chi connectivity index (χ3v) is 3.40. The van der Waals surface area contributed by atoms with Gasteiger partial charge in [-0.25, -0.2) is 4.79 Å². The summed E-state index contributed by atoms with van der Waals surface area (Å²) in [4.78, 5) is 13.2. The highest BCUT2D eigenvalue weighted by molar-refractivity contribution is 5.89. The second-order valence-electron chi connectivity index (χ2n) is 4.79. The lowest BCUT2D eigenvalue weighted by Crippen LogP contribution is -2.21. The molecule has 0 aromatic heterocycles. The minimum absolute atomic E-state index is 0.353. The molecule has 0 aliphatic heterocycles. The molecule has 2 rings (SSSR count). The molecular formula is C17H16N2O2. The van der Waals surface area contributed by atoms with Crippen LogP contribution in [-0.4, -0.2) is 24.7 Å². The lowest BCUT2D eigenvalue weighted by atomic mass is 10.0. The van der Waals surface area contributed by atoms with Crippen molar-refractivity contribution in [3.8, 4) is 6.07 Å². The topological polar surface area (TPSA) is 64.3 Å². The summed E-state index contributed by atoms with van der Waals surface area (Å²) < 4.78 is 0. The van der Waals surface area contributed by atoms with Crippen LogP contribution in [0.4, 0.5) is 5.69 Å². The van der Waals surface area contributed by atoms with Crippen molar-refractivity contribution in [3.63, 3.8) is 0 Å². The number of carbonyl (C=O) groups is 1. The molecule has 0 bridgehead atoms. The molecule has 21 heavy (non-hydrogen) atoms. The molecule has 4 nitrogen and oxygen atoms in total. The van der Waals surface area contributed by atoms with Crippen LogP contribution >= 0.6 is 0 Å². The van der Waals surface area contributed by atoms with Crippen molar-refractivity contribution < 1.29 is 9.90 Å². The van der Waals surface area contributed by atoms with Gasteiger partial charge in [-0.05, 0) is 42.3 Å². The van der Waals surface area contributed by atoms with Gasteiger partial charge in [-0.3, -0.25) is 0 Å². The zero-order valence-electron chi connectivity index (χ0n) is 11.8. The Balaban J connectivity index is 2.05. The van der Waals surface area contributed by atoms with Crippen LogP contribution in [0.15, 0.2) is 48.5 Å². The van der Waals surface area contributed by atoms with Crippen LogP contribution < -0.4 is 4.90 Å². The van der Waals surface area contributed by atoms with E-state index in [0.717, 1.165) is 11.3 Å². The minimum Gasteiger partial charge on any atom is -0.478 e. The molecule has 0 unspecified atom stereocenters. The molecular weight excluding hydrogens is 264 g/mol. The van der Waals surface area contributed by atoms with Crippen LogP contribution in [-0.2, 0) is 6.42 Å². The molecule has 0 radical (unpaired) electrons. The van der Waals surface area contributed by atoms with Gasteiger partial charge < -0.3 is 10.0 Å². The van der Waals surface area contributed by atoms with Gasteiger partial charge in [0.2, 0.25) is 0 Å². The summed E-state index contributed by atoms with van der Waals surface area (Å²) in [6.07, 6.45) is 0.652. The average molecular weight is 280 g/mol. The molecule has 0 saturated heterocycles. The van der Waals surface area contributed by atoms with Crippen molar-refractivity contribution >= 4 is 11.7 Å². The maximum atomic E-state index is 11.2. The largest absolute Gasteiger partial charge is 0.478 e. The van der Waals surface area contributed by atoms with E-state index in [1.807, 2.05) is 36.2 Å². The number of benzene rings is 2. The molecule has 0 aliphatic carbocycles. The third-order valence-electron chi connectivity index (χ3n) is 3.40. The van der Waals surface area contributed by atoms with Gasteiger partial charge in [0.25, 0.3) is 0 Å². The Morgan fingerprint density at radius 1 is 1.19 bits per heavy atom. The number of carboxylic acid groups (broad SMARTS) is 1. The van der Waals surface area contributed by atoms with Crippen molar-refractivity contribution in [3.05, 3.63) is 65.2 Å². The smallest absolute Gasteiger partial charge is 0.335 e. The highest BCUT2D eigenvalue weighted by Gasteiger charge is 2.09. The minimum atomic E-state index is -0.897. The number of hydrogen-bond donors (Lipinski definition) is 1. The van der Waals surface area contributed by atoms with Crippen LogP contribution in [0.5, 0.6) is 0 Å². The lowest BCUT2D eigenvalue weighted by molar-refractivity contribution is 0.0695. The summed E-state index contributed by atoms with van der Waals surface area (Å²) >= 11 is 0. The van der Waals surface area contributed by atoms with E-state index in [0.29, 0.717) is 24.1 Å². The van der Waals surface area contributed by atoms with Crippen LogP contribution in [0.2, 0.25) is 0 Å². The second kappa shape index (κ2) is 6.58. The van der Waals surface area contributed by atoms with Crippen LogP contribution in [0.3, 0.4) is 0 Å². The quantitative estimate of drug-likeness (QED) is 0.914. The van der Waals surface area contributed by atoms with Gasteiger partial charge in [0.1, 0.15) is 0 Å². The summed E-state index contributed by atoms with van der Waals surface area (Å²) in [5, 5.41) is 17.9. The van der Waals surface area contributed by atoms with E-state index in [2.05, 4.69) is 6.07 Å². The SMILES string of the molecule is CN(CCc1ccccc1C(=O)O)c1ccc(C#N)cc1. The second-order valence-corrected chi connectivity index (χ2v) is 4.79. The predicted octanol–water partition coefficient (Wildman–Crippen LogP) is 2.94. The summed E-state index contributed by atoms with van der Waals surface area (Å²) in [6.45, 7) is 0.705. The maximum Gasteiger partial charge on any atom is 0.335 e. The molecule has 0 fully saturated rings. The molecule has 2 aromatic rings. The number of aromatic carboxylic acids is 1. The van der Waals surface area contributed by atoms with Crippen molar-refractivity contribution in [1.29, 1.82) is 5.26 Å². The molecule has 0 aliphatic rings. The normalized spacial score (nSPS) is 9.90. The summed E-state index contributed by atoms with van der Waals surface area (Å²) in [5.41, 5.74) is 2.81. The first-order valence-corrected chi connectivity index (χ1v) is 6.64. The van der Waals surface area contributed by atoms with Gasteiger partial charge in [-0.1, -0.05) is 18.2 Å². The lowest BCUT2D eigenvalue weighted by Gasteiger charge is -2.19. The third kappa shape index (κ3) is 3.61. The van der Waals surface area contributed by atoms with Crippen LogP contribution in [0.25, 0.3) is 0 Å².